The molecular formula is C29H48O2. The van der Waals surface area contributed by atoms with Gasteiger partial charge in [-0.05, 0) is 117 Å². The third kappa shape index (κ3) is 3.88. The minimum Gasteiger partial charge on any atom is -0.393 e. The van der Waals surface area contributed by atoms with Crippen LogP contribution < -0.4 is 0 Å². The van der Waals surface area contributed by atoms with Gasteiger partial charge in [0.1, 0.15) is 0 Å². The van der Waals surface area contributed by atoms with Gasteiger partial charge in [0.2, 0.25) is 0 Å². The van der Waals surface area contributed by atoms with Crippen LogP contribution in [0.1, 0.15) is 98.8 Å². The van der Waals surface area contributed by atoms with E-state index in [1.54, 1.807) is 5.57 Å². The Morgan fingerprint density at radius 3 is 2.58 bits per heavy atom. The number of hydrogen-bond acceptors (Lipinski definition) is 2. The molecule has 0 radical (unpaired) electrons. The Balaban J connectivity index is 1.52. The van der Waals surface area contributed by atoms with E-state index in [4.69, 9.17) is 0 Å². The van der Waals surface area contributed by atoms with Gasteiger partial charge in [0.05, 0.1) is 11.7 Å². The predicted octanol–water partition coefficient (Wildman–Crippen LogP) is 6.92. The molecule has 0 aliphatic heterocycles. The first-order valence-corrected chi connectivity index (χ1v) is 13.3. The third-order valence-electron chi connectivity index (χ3n) is 11.0. The van der Waals surface area contributed by atoms with Crippen molar-refractivity contribution in [3.8, 4) is 0 Å². The Morgan fingerprint density at radius 2 is 1.90 bits per heavy atom. The summed E-state index contributed by atoms with van der Waals surface area (Å²) < 4.78 is 0. The smallest absolute Gasteiger partial charge is 0.0653 e. The Bertz CT molecular complexity index is 706. The molecule has 176 valence electrons. The molecule has 0 bridgehead atoms. The number of rotatable bonds is 6. The molecule has 2 heteroatoms. The van der Waals surface area contributed by atoms with Crippen LogP contribution in [0.25, 0.3) is 0 Å². The van der Waals surface area contributed by atoms with Crippen molar-refractivity contribution < 1.29 is 10.2 Å². The lowest BCUT2D eigenvalue weighted by Gasteiger charge is -2.59. The van der Waals surface area contributed by atoms with Crippen molar-refractivity contribution in [2.75, 3.05) is 0 Å². The molecule has 4 rings (SSSR count). The van der Waals surface area contributed by atoms with Crippen LogP contribution in [0.15, 0.2) is 24.3 Å². The number of hydrogen-bond donors (Lipinski definition) is 2. The minimum atomic E-state index is -0.582. The van der Waals surface area contributed by atoms with Gasteiger partial charge in [-0.15, -0.1) is 6.58 Å². The average Bonchev–Trinajstić information content (AvgIpc) is 3.07. The number of fused-ring (bicyclic) bond motifs is 5. The molecule has 31 heavy (non-hydrogen) atoms. The molecule has 0 heterocycles. The summed E-state index contributed by atoms with van der Waals surface area (Å²) in [5.41, 5.74) is 1.54. The molecule has 4 aliphatic rings. The van der Waals surface area contributed by atoms with Crippen LogP contribution in [0.2, 0.25) is 0 Å². The molecule has 3 saturated carbocycles. The fourth-order valence-electron chi connectivity index (χ4n) is 9.02. The molecule has 0 aromatic heterocycles. The standard InChI is InChI=1S/C29H48O2/c1-7-20(19(2)3)12-17-29(6,31)26-11-10-24-23-9-8-21-18-22(30)13-15-27(21,4)25(23)14-16-28(24,26)5/h7-8,19-20,22-26,30-31H,1,9-18H2,2-6H3/t20-,22+,23?,24?,25?,26+,27+,28+,29+/m1/s1. The van der Waals surface area contributed by atoms with Gasteiger partial charge in [0, 0.05) is 0 Å². The summed E-state index contributed by atoms with van der Waals surface area (Å²) >= 11 is 0. The van der Waals surface area contributed by atoms with Crippen molar-refractivity contribution in [3.05, 3.63) is 24.3 Å². The van der Waals surface area contributed by atoms with Crippen LogP contribution in [0.3, 0.4) is 0 Å². The zero-order valence-corrected chi connectivity index (χ0v) is 20.9. The van der Waals surface area contributed by atoms with Crippen molar-refractivity contribution >= 4 is 0 Å². The van der Waals surface area contributed by atoms with E-state index >= 15 is 0 Å². The van der Waals surface area contributed by atoms with Crippen molar-refractivity contribution in [1.29, 1.82) is 0 Å². The first kappa shape index (κ1) is 23.6. The van der Waals surface area contributed by atoms with Crippen LogP contribution in [-0.2, 0) is 0 Å². The number of aliphatic hydroxyl groups excluding tert-OH is 1. The topological polar surface area (TPSA) is 40.5 Å². The Hall–Kier alpha value is -0.600. The maximum atomic E-state index is 11.7. The fraction of sp³-hybridized carbons (Fsp3) is 0.862. The largest absolute Gasteiger partial charge is 0.393 e. The van der Waals surface area contributed by atoms with E-state index in [-0.39, 0.29) is 11.5 Å². The van der Waals surface area contributed by atoms with Crippen LogP contribution in [0.5, 0.6) is 0 Å². The Morgan fingerprint density at radius 1 is 1.16 bits per heavy atom. The maximum Gasteiger partial charge on any atom is 0.0653 e. The third-order valence-corrected chi connectivity index (χ3v) is 11.0. The lowest BCUT2D eigenvalue weighted by molar-refractivity contribution is -0.106. The molecule has 0 spiro atoms. The average molecular weight is 429 g/mol. The highest BCUT2D eigenvalue weighted by molar-refractivity contribution is 5.25. The fourth-order valence-corrected chi connectivity index (χ4v) is 9.02. The normalized spacial score (nSPS) is 45.2. The first-order valence-electron chi connectivity index (χ1n) is 13.3. The van der Waals surface area contributed by atoms with Gasteiger partial charge in [0.25, 0.3) is 0 Å². The molecule has 2 nitrogen and oxygen atoms in total. The highest BCUT2D eigenvalue weighted by atomic mass is 16.3. The second kappa shape index (κ2) is 8.32. The quantitative estimate of drug-likeness (QED) is 0.451. The number of allylic oxidation sites excluding steroid dienone is 2. The number of aliphatic hydroxyl groups is 2. The highest BCUT2D eigenvalue weighted by Crippen LogP contribution is 2.67. The molecule has 0 aromatic carbocycles. The van der Waals surface area contributed by atoms with E-state index in [1.165, 1.54) is 32.1 Å². The summed E-state index contributed by atoms with van der Waals surface area (Å²) in [6.45, 7) is 15.8. The van der Waals surface area contributed by atoms with Crippen LogP contribution in [-0.4, -0.2) is 21.9 Å². The van der Waals surface area contributed by atoms with Crippen molar-refractivity contribution in [1.82, 2.24) is 0 Å². The van der Waals surface area contributed by atoms with Crippen LogP contribution >= 0.6 is 0 Å². The highest BCUT2D eigenvalue weighted by Gasteiger charge is 2.61. The van der Waals surface area contributed by atoms with Gasteiger partial charge in [0.15, 0.2) is 0 Å². The second-order valence-corrected chi connectivity index (χ2v) is 12.9. The Kier molecular flexibility index (Phi) is 6.32. The summed E-state index contributed by atoms with van der Waals surface area (Å²) in [6, 6.07) is 0. The SMILES string of the molecule is C=C[C@H](CC[C@](C)(O)[C@H]1CCC2C3CC=C4C[C@@H](O)CC[C@]4(C)C3CC[C@@]21C)C(C)C. The van der Waals surface area contributed by atoms with Gasteiger partial charge in [-0.25, -0.2) is 0 Å². The molecule has 2 N–H and O–H groups in total. The van der Waals surface area contributed by atoms with Crippen LogP contribution in [0.4, 0.5) is 0 Å². The van der Waals surface area contributed by atoms with Crippen molar-refractivity contribution in [2.45, 2.75) is 111 Å². The summed E-state index contributed by atoms with van der Waals surface area (Å²) in [6.07, 6.45) is 15.7. The second-order valence-electron chi connectivity index (χ2n) is 12.9. The van der Waals surface area contributed by atoms with Crippen LogP contribution in [0, 0.1) is 46.3 Å². The minimum absolute atomic E-state index is 0.124. The predicted molar refractivity (Wildman–Crippen MR) is 130 cm³/mol. The van der Waals surface area contributed by atoms with Crippen molar-refractivity contribution in [2.24, 2.45) is 46.3 Å². The molecule has 3 unspecified atom stereocenters. The summed E-state index contributed by atoms with van der Waals surface area (Å²) in [5, 5.41) is 22.0. The zero-order chi connectivity index (χ0) is 22.6. The van der Waals surface area contributed by atoms with Crippen molar-refractivity contribution in [3.63, 3.8) is 0 Å². The maximum absolute atomic E-state index is 11.7. The lowest BCUT2D eigenvalue weighted by Crippen LogP contribution is -2.53. The monoisotopic (exact) mass is 428 g/mol. The van der Waals surface area contributed by atoms with Gasteiger partial charge >= 0.3 is 0 Å². The Labute approximate surface area is 191 Å². The summed E-state index contributed by atoms with van der Waals surface area (Å²) in [7, 11) is 0. The molecular weight excluding hydrogens is 380 g/mol. The van der Waals surface area contributed by atoms with Gasteiger partial charge in [-0.3, -0.25) is 0 Å². The van der Waals surface area contributed by atoms with Gasteiger partial charge < -0.3 is 10.2 Å². The van der Waals surface area contributed by atoms with E-state index in [2.05, 4.69) is 53.3 Å². The van der Waals surface area contributed by atoms with E-state index in [0.717, 1.165) is 49.9 Å². The zero-order valence-electron chi connectivity index (χ0n) is 20.9. The van der Waals surface area contributed by atoms with Gasteiger partial charge in [-0.2, -0.15) is 0 Å². The summed E-state index contributed by atoms with van der Waals surface area (Å²) in [5.74, 6) is 3.77. The molecule has 0 aromatic rings. The summed E-state index contributed by atoms with van der Waals surface area (Å²) in [4.78, 5) is 0. The van der Waals surface area contributed by atoms with E-state index in [0.29, 0.717) is 23.2 Å². The van der Waals surface area contributed by atoms with E-state index in [1.807, 2.05) is 0 Å². The van der Waals surface area contributed by atoms with Gasteiger partial charge in [-0.1, -0.05) is 45.4 Å². The van der Waals surface area contributed by atoms with E-state index in [9.17, 15) is 10.2 Å². The van der Waals surface area contributed by atoms with E-state index < -0.39 is 5.60 Å². The molecule has 3 fully saturated rings. The molecule has 9 atom stereocenters. The molecule has 0 saturated heterocycles. The lowest BCUT2D eigenvalue weighted by atomic mass is 9.46. The first-order chi connectivity index (χ1) is 14.5. The molecule has 0 amide bonds. The molecule has 4 aliphatic carbocycles.